The number of nitrogens with zero attached hydrogens (tertiary/aromatic N) is 4. The van der Waals surface area contributed by atoms with Crippen LogP contribution in [0.5, 0.6) is 0 Å². The molecule has 2 aromatic heterocycles. The molecular formula is C16H15N5O2. The molecule has 2 heterocycles. The van der Waals surface area contributed by atoms with Crippen molar-refractivity contribution in [1.82, 2.24) is 24.8 Å². The van der Waals surface area contributed by atoms with Gasteiger partial charge in [-0.15, -0.1) is 0 Å². The molecule has 0 aliphatic rings. The first-order valence-electron chi connectivity index (χ1n) is 7.22. The van der Waals surface area contributed by atoms with Gasteiger partial charge in [0, 0.05) is 12.7 Å². The van der Waals surface area contributed by atoms with Crippen molar-refractivity contribution in [1.29, 1.82) is 0 Å². The van der Waals surface area contributed by atoms with E-state index >= 15 is 0 Å². The number of carbonyl (C=O) groups excluding carboxylic acids is 1. The van der Waals surface area contributed by atoms with E-state index in [-0.39, 0.29) is 18.0 Å². The van der Waals surface area contributed by atoms with Crippen LogP contribution in [0.3, 0.4) is 0 Å². The molecule has 0 saturated heterocycles. The fraction of sp³-hybridized carbons (Fsp3) is 0.188. The molecule has 1 aromatic carbocycles. The van der Waals surface area contributed by atoms with E-state index in [1.807, 2.05) is 13.0 Å². The number of hydrogen-bond acceptors (Lipinski definition) is 5. The molecule has 0 spiro atoms. The van der Waals surface area contributed by atoms with Crippen LogP contribution in [0.25, 0.3) is 10.9 Å². The number of nitrogens with one attached hydrogen (secondary N) is 1. The van der Waals surface area contributed by atoms with E-state index in [0.717, 1.165) is 0 Å². The van der Waals surface area contributed by atoms with Crippen molar-refractivity contribution >= 4 is 16.8 Å². The van der Waals surface area contributed by atoms with E-state index in [0.29, 0.717) is 29.0 Å². The van der Waals surface area contributed by atoms with Gasteiger partial charge in [-0.3, -0.25) is 9.59 Å². The smallest absolute Gasteiger partial charge is 0.272 e. The monoisotopic (exact) mass is 309 g/mol. The summed E-state index contributed by atoms with van der Waals surface area (Å²) in [6.07, 6.45) is 2.85. The van der Waals surface area contributed by atoms with E-state index in [1.165, 1.54) is 12.5 Å². The van der Waals surface area contributed by atoms with Crippen molar-refractivity contribution in [3.8, 4) is 0 Å². The van der Waals surface area contributed by atoms with Gasteiger partial charge < -0.3 is 9.88 Å². The van der Waals surface area contributed by atoms with Gasteiger partial charge in [-0.25, -0.2) is 15.0 Å². The Bertz CT molecular complexity index is 892. The van der Waals surface area contributed by atoms with Crippen LogP contribution in [0.4, 0.5) is 0 Å². The number of hydrogen-bond donors (Lipinski definition) is 1. The van der Waals surface area contributed by atoms with Gasteiger partial charge >= 0.3 is 0 Å². The third kappa shape index (κ3) is 3.08. The Morgan fingerprint density at radius 1 is 1.26 bits per heavy atom. The summed E-state index contributed by atoms with van der Waals surface area (Å²) in [5, 5.41) is 0.529. The Hall–Kier alpha value is -3.09. The minimum absolute atomic E-state index is 0.208. The maximum atomic E-state index is 12.4. The summed E-state index contributed by atoms with van der Waals surface area (Å²) in [5.41, 5.74) is 0.706. The molecule has 7 nitrogen and oxygen atoms in total. The number of carbonyl (C=O) groups is 1. The van der Waals surface area contributed by atoms with Crippen LogP contribution in [0.2, 0.25) is 0 Å². The Labute approximate surface area is 132 Å². The second-order valence-electron chi connectivity index (χ2n) is 4.94. The Morgan fingerprint density at radius 3 is 2.83 bits per heavy atom. The molecular weight excluding hydrogens is 294 g/mol. The van der Waals surface area contributed by atoms with Crippen molar-refractivity contribution in [2.75, 3.05) is 6.54 Å². The highest BCUT2D eigenvalue weighted by Gasteiger charge is 2.17. The third-order valence-electron chi connectivity index (χ3n) is 3.47. The minimum atomic E-state index is -0.231. The second-order valence-corrected chi connectivity index (χ2v) is 4.94. The van der Waals surface area contributed by atoms with E-state index < -0.39 is 0 Å². The van der Waals surface area contributed by atoms with E-state index in [2.05, 4.69) is 19.9 Å². The summed E-state index contributed by atoms with van der Waals surface area (Å²) < 4.78 is 0. The van der Waals surface area contributed by atoms with Crippen molar-refractivity contribution in [2.24, 2.45) is 0 Å². The van der Waals surface area contributed by atoms with Gasteiger partial charge in [0.2, 0.25) is 0 Å². The number of benzene rings is 1. The molecule has 0 aliphatic heterocycles. The molecule has 0 saturated carbocycles. The quantitative estimate of drug-likeness (QED) is 0.786. The molecule has 0 unspecified atom stereocenters. The number of aromatic nitrogens is 4. The predicted molar refractivity (Wildman–Crippen MR) is 84.8 cm³/mol. The van der Waals surface area contributed by atoms with Gasteiger partial charge in [-0.1, -0.05) is 12.1 Å². The summed E-state index contributed by atoms with van der Waals surface area (Å²) in [4.78, 5) is 41.0. The highest BCUT2D eigenvalue weighted by atomic mass is 16.2. The molecule has 0 radical (unpaired) electrons. The van der Waals surface area contributed by atoms with Crippen LogP contribution in [0, 0.1) is 0 Å². The number of H-pyrrole nitrogens is 1. The van der Waals surface area contributed by atoms with E-state index in [4.69, 9.17) is 0 Å². The zero-order valence-corrected chi connectivity index (χ0v) is 12.6. The lowest BCUT2D eigenvalue weighted by Crippen LogP contribution is -2.32. The molecule has 0 bridgehead atoms. The number of amides is 1. The molecule has 23 heavy (non-hydrogen) atoms. The van der Waals surface area contributed by atoms with Gasteiger partial charge in [0.1, 0.15) is 17.8 Å². The van der Waals surface area contributed by atoms with Crippen LogP contribution in [0.1, 0.15) is 23.2 Å². The first-order chi connectivity index (χ1) is 11.2. The highest BCUT2D eigenvalue weighted by molar-refractivity contribution is 5.92. The van der Waals surface area contributed by atoms with Crippen molar-refractivity contribution in [3.63, 3.8) is 0 Å². The lowest BCUT2D eigenvalue weighted by molar-refractivity contribution is 0.0742. The average molecular weight is 309 g/mol. The fourth-order valence-electron chi connectivity index (χ4n) is 2.30. The molecule has 0 fully saturated rings. The highest BCUT2D eigenvalue weighted by Crippen LogP contribution is 2.08. The summed E-state index contributed by atoms with van der Waals surface area (Å²) in [6.45, 7) is 2.54. The normalized spacial score (nSPS) is 10.7. The number of rotatable bonds is 4. The third-order valence-corrected chi connectivity index (χ3v) is 3.47. The Kier molecular flexibility index (Phi) is 4.09. The Balaban J connectivity index is 1.90. The first kappa shape index (κ1) is 14.8. The topological polar surface area (TPSA) is 91.8 Å². The van der Waals surface area contributed by atoms with Crippen LogP contribution < -0.4 is 5.56 Å². The molecule has 0 aliphatic carbocycles. The van der Waals surface area contributed by atoms with Crippen LogP contribution >= 0.6 is 0 Å². The van der Waals surface area contributed by atoms with Crippen LogP contribution in [-0.4, -0.2) is 37.3 Å². The van der Waals surface area contributed by atoms with Crippen LogP contribution in [-0.2, 0) is 6.54 Å². The van der Waals surface area contributed by atoms with Crippen molar-refractivity contribution in [2.45, 2.75) is 13.5 Å². The summed E-state index contributed by atoms with van der Waals surface area (Å²) in [5.74, 6) is 0.212. The van der Waals surface area contributed by atoms with Crippen molar-refractivity contribution in [3.05, 3.63) is 64.7 Å². The van der Waals surface area contributed by atoms with Gasteiger partial charge in [0.15, 0.2) is 0 Å². The largest absolute Gasteiger partial charge is 0.330 e. The van der Waals surface area contributed by atoms with E-state index in [1.54, 1.807) is 29.2 Å². The average Bonchev–Trinajstić information content (AvgIpc) is 2.60. The SMILES string of the molecule is CCN(Cc1nc2ccccc2c(=O)[nH]1)C(=O)c1ccncn1. The molecule has 3 aromatic rings. The fourth-order valence-corrected chi connectivity index (χ4v) is 2.30. The van der Waals surface area contributed by atoms with Gasteiger partial charge in [0.05, 0.1) is 17.4 Å². The zero-order valence-electron chi connectivity index (χ0n) is 12.6. The van der Waals surface area contributed by atoms with Crippen LogP contribution in [0.15, 0.2) is 47.7 Å². The maximum absolute atomic E-state index is 12.4. The molecule has 1 N–H and O–H groups in total. The van der Waals surface area contributed by atoms with Gasteiger partial charge in [-0.2, -0.15) is 0 Å². The standard InChI is InChI=1S/C16H15N5O2/c1-2-21(16(23)13-7-8-17-10-18-13)9-14-19-12-6-4-3-5-11(12)15(22)20-14/h3-8,10H,2,9H2,1H3,(H,19,20,22). The number of fused-ring (bicyclic) bond motifs is 1. The number of aromatic amines is 1. The molecule has 0 atom stereocenters. The molecule has 116 valence electrons. The summed E-state index contributed by atoms with van der Waals surface area (Å²) in [6, 6.07) is 8.66. The molecule has 1 amide bonds. The predicted octanol–water partition coefficient (Wildman–Crippen LogP) is 1.38. The van der Waals surface area contributed by atoms with E-state index in [9.17, 15) is 9.59 Å². The Morgan fingerprint density at radius 2 is 2.09 bits per heavy atom. The van der Waals surface area contributed by atoms with Gasteiger partial charge in [-0.05, 0) is 25.1 Å². The first-order valence-corrected chi connectivity index (χ1v) is 7.22. The summed E-state index contributed by atoms with van der Waals surface area (Å²) in [7, 11) is 0. The minimum Gasteiger partial charge on any atom is -0.330 e. The lowest BCUT2D eigenvalue weighted by atomic mass is 10.2. The lowest BCUT2D eigenvalue weighted by Gasteiger charge is -2.19. The molecule has 3 rings (SSSR count). The van der Waals surface area contributed by atoms with Crippen molar-refractivity contribution < 1.29 is 4.79 Å². The number of para-hydroxylation sites is 1. The molecule has 7 heteroatoms. The zero-order chi connectivity index (χ0) is 16.2. The second kappa shape index (κ2) is 6.35. The summed E-state index contributed by atoms with van der Waals surface area (Å²) >= 11 is 0. The van der Waals surface area contributed by atoms with Gasteiger partial charge in [0.25, 0.3) is 11.5 Å². The maximum Gasteiger partial charge on any atom is 0.272 e.